The molecule has 0 atom stereocenters. The van der Waals surface area contributed by atoms with Crippen molar-refractivity contribution in [1.82, 2.24) is 10.6 Å². The van der Waals surface area contributed by atoms with Crippen molar-refractivity contribution >= 4 is 40.7 Å². The van der Waals surface area contributed by atoms with Crippen molar-refractivity contribution in [1.29, 1.82) is 0 Å². The van der Waals surface area contributed by atoms with Crippen LogP contribution in [0.1, 0.15) is 36.6 Å². The number of rotatable bonds is 4. The molecular formula is C22H13N5O5. The largest absolute Gasteiger partial charge is 0.359 e. The summed E-state index contributed by atoms with van der Waals surface area (Å²) in [4.78, 5) is 39.2. The zero-order valence-corrected chi connectivity index (χ0v) is 16.3. The molecule has 0 saturated carbocycles. The summed E-state index contributed by atoms with van der Waals surface area (Å²) < 4.78 is 4.50. The summed E-state index contributed by atoms with van der Waals surface area (Å²) in [6.07, 6.45) is 1.36. The lowest BCUT2D eigenvalue weighted by molar-refractivity contribution is -0.782. The number of carbonyl (C=O) groups excluding carboxylic acids is 3. The monoisotopic (exact) mass is 427 g/mol. The van der Waals surface area contributed by atoms with E-state index in [1.807, 2.05) is 0 Å². The number of hydrogen-bond donors (Lipinski definition) is 1. The number of amides is 3. The van der Waals surface area contributed by atoms with E-state index in [9.17, 15) is 19.6 Å². The Hall–Kier alpha value is -4.86. The summed E-state index contributed by atoms with van der Waals surface area (Å²) in [6, 6.07) is 17.4. The molecule has 1 aliphatic heterocycles. The van der Waals surface area contributed by atoms with Crippen LogP contribution in [0, 0.1) is 5.21 Å². The van der Waals surface area contributed by atoms with Gasteiger partial charge in [-0.25, -0.2) is 10.3 Å². The van der Waals surface area contributed by atoms with E-state index in [-0.39, 0.29) is 21.7 Å². The lowest BCUT2D eigenvalue weighted by Gasteiger charge is -2.14. The van der Waals surface area contributed by atoms with Crippen LogP contribution in [0.4, 0.5) is 5.69 Å². The normalized spacial score (nSPS) is 13.2. The molecule has 0 unspecified atom stereocenters. The van der Waals surface area contributed by atoms with Crippen molar-refractivity contribution in [3.63, 3.8) is 0 Å². The third-order valence-electron chi connectivity index (χ3n) is 4.95. The topological polar surface area (TPSA) is 132 Å². The molecule has 0 radical (unpaired) electrons. The van der Waals surface area contributed by atoms with Crippen molar-refractivity contribution in [3.05, 3.63) is 94.2 Å². The molecule has 0 saturated heterocycles. The van der Waals surface area contributed by atoms with E-state index >= 15 is 0 Å². The van der Waals surface area contributed by atoms with Crippen LogP contribution in [0.5, 0.6) is 0 Å². The quantitative estimate of drug-likeness (QED) is 0.229. The Morgan fingerprint density at radius 2 is 1.78 bits per heavy atom. The predicted octanol–water partition coefficient (Wildman–Crippen LogP) is 2.03. The van der Waals surface area contributed by atoms with Crippen LogP contribution in [0.3, 0.4) is 0 Å². The molecule has 10 heteroatoms. The van der Waals surface area contributed by atoms with Gasteiger partial charge in [0.25, 0.3) is 17.7 Å². The molecule has 156 valence electrons. The fraction of sp³-hybridized carbons (Fsp3) is 0. The van der Waals surface area contributed by atoms with Crippen LogP contribution in [0.25, 0.3) is 11.0 Å². The molecule has 1 aromatic heterocycles. The van der Waals surface area contributed by atoms with Crippen molar-refractivity contribution in [2.75, 3.05) is 4.90 Å². The van der Waals surface area contributed by atoms with Gasteiger partial charge >= 0.3 is 0 Å². The van der Waals surface area contributed by atoms with Gasteiger partial charge in [0.2, 0.25) is 11.0 Å². The molecule has 0 fully saturated rings. The Morgan fingerprint density at radius 1 is 1.03 bits per heavy atom. The van der Waals surface area contributed by atoms with Gasteiger partial charge < -0.3 is 5.21 Å². The summed E-state index contributed by atoms with van der Waals surface area (Å²) >= 11 is 0. The summed E-state index contributed by atoms with van der Waals surface area (Å²) in [5.74, 6) is -1.42. The maximum absolute atomic E-state index is 12.7. The summed E-state index contributed by atoms with van der Waals surface area (Å²) in [5.41, 5.74) is 4.69. The van der Waals surface area contributed by atoms with Gasteiger partial charge in [-0.1, -0.05) is 18.2 Å². The van der Waals surface area contributed by atoms with Crippen molar-refractivity contribution < 1.29 is 23.9 Å². The molecule has 32 heavy (non-hydrogen) atoms. The smallest absolute Gasteiger partial charge is 0.271 e. The second-order valence-electron chi connectivity index (χ2n) is 6.92. The van der Waals surface area contributed by atoms with Crippen molar-refractivity contribution in [2.45, 2.75) is 0 Å². The number of benzene rings is 3. The second kappa shape index (κ2) is 7.43. The summed E-state index contributed by atoms with van der Waals surface area (Å²) in [6.45, 7) is 0. The number of nitrogens with zero attached hydrogens (tertiary/aromatic N) is 4. The van der Waals surface area contributed by atoms with Gasteiger partial charge in [-0.3, -0.25) is 19.0 Å². The number of nitrogens with one attached hydrogen (secondary N) is 1. The number of anilines is 1. The minimum atomic E-state index is -0.537. The number of aromatic nitrogens is 2. The zero-order valence-electron chi connectivity index (χ0n) is 16.3. The Labute approximate surface area is 179 Å². The van der Waals surface area contributed by atoms with Crippen LogP contribution in [0.15, 0.2) is 76.5 Å². The van der Waals surface area contributed by atoms with Gasteiger partial charge in [0.1, 0.15) is 0 Å². The first kappa shape index (κ1) is 19.1. The molecule has 3 amide bonds. The van der Waals surface area contributed by atoms with E-state index in [1.54, 1.807) is 48.5 Å². The van der Waals surface area contributed by atoms with Crippen LogP contribution < -0.4 is 15.2 Å². The van der Waals surface area contributed by atoms with Gasteiger partial charge in [0.05, 0.1) is 23.0 Å². The summed E-state index contributed by atoms with van der Waals surface area (Å²) in [7, 11) is 0. The highest BCUT2D eigenvalue weighted by Gasteiger charge is 2.36. The minimum Gasteiger partial charge on any atom is -0.359 e. The van der Waals surface area contributed by atoms with E-state index in [1.165, 1.54) is 24.4 Å². The number of fused-ring (bicyclic) bond motifs is 2. The van der Waals surface area contributed by atoms with Gasteiger partial charge in [0.15, 0.2) is 0 Å². The second-order valence-corrected chi connectivity index (χ2v) is 6.92. The molecule has 1 aliphatic rings. The lowest BCUT2D eigenvalue weighted by atomic mass is 10.1. The summed E-state index contributed by atoms with van der Waals surface area (Å²) in [5, 5.41) is 19.0. The zero-order chi connectivity index (χ0) is 22.2. The van der Waals surface area contributed by atoms with Crippen LogP contribution in [0.2, 0.25) is 0 Å². The highest BCUT2D eigenvalue weighted by molar-refractivity contribution is 6.34. The SMILES string of the molecule is O=C(N/N=C/c1ccc2no[n+]([O-])c2c1)c1cccc(N2C(=O)c3ccccc3C2=O)c1. The maximum atomic E-state index is 12.7. The Balaban J connectivity index is 1.33. The molecule has 2 heterocycles. The molecule has 0 spiro atoms. The van der Waals surface area contributed by atoms with Crippen LogP contribution in [-0.2, 0) is 0 Å². The predicted molar refractivity (Wildman–Crippen MR) is 112 cm³/mol. The van der Waals surface area contributed by atoms with Gasteiger partial charge in [-0.2, -0.15) is 5.10 Å². The van der Waals surface area contributed by atoms with Crippen molar-refractivity contribution in [2.24, 2.45) is 5.10 Å². The van der Waals surface area contributed by atoms with E-state index in [0.717, 1.165) is 4.90 Å². The standard InChI is InChI=1S/C22H13N5O5/c28-20(24-23-12-13-8-9-18-19(10-13)27(31)32-25-18)14-4-3-5-15(11-14)26-21(29)16-6-1-2-7-17(16)22(26)30/h1-12H,(H,24,28)/b23-12+. The first-order valence-corrected chi connectivity index (χ1v) is 9.44. The van der Waals surface area contributed by atoms with Crippen molar-refractivity contribution in [3.8, 4) is 0 Å². The Morgan fingerprint density at radius 3 is 2.53 bits per heavy atom. The van der Waals surface area contributed by atoms with E-state index < -0.39 is 17.7 Å². The third-order valence-corrected chi connectivity index (χ3v) is 4.95. The average Bonchev–Trinajstić information content (AvgIpc) is 3.31. The van der Waals surface area contributed by atoms with Crippen LogP contribution in [-0.4, -0.2) is 29.1 Å². The molecular weight excluding hydrogens is 414 g/mol. The van der Waals surface area contributed by atoms with E-state index in [0.29, 0.717) is 22.2 Å². The van der Waals surface area contributed by atoms with Gasteiger partial charge in [-0.05, 0) is 52.9 Å². The molecule has 10 nitrogen and oxygen atoms in total. The fourth-order valence-electron chi connectivity index (χ4n) is 3.41. The van der Waals surface area contributed by atoms with Gasteiger partial charge in [-0.15, -0.1) is 0 Å². The number of imide groups is 1. The van der Waals surface area contributed by atoms with Gasteiger partial charge in [0, 0.05) is 16.8 Å². The lowest BCUT2D eigenvalue weighted by Crippen LogP contribution is -2.29. The average molecular weight is 427 g/mol. The molecule has 3 aromatic carbocycles. The molecule has 1 N–H and O–H groups in total. The third kappa shape index (κ3) is 3.16. The van der Waals surface area contributed by atoms with E-state index in [2.05, 4.69) is 20.3 Å². The minimum absolute atomic E-state index is 0.211. The Kier molecular flexibility index (Phi) is 4.44. The number of hydrogen-bond acceptors (Lipinski definition) is 7. The molecule has 4 aromatic rings. The highest BCUT2D eigenvalue weighted by atomic mass is 16.8. The molecule has 0 aliphatic carbocycles. The number of hydrazone groups is 1. The Bertz CT molecular complexity index is 1410. The van der Waals surface area contributed by atoms with E-state index in [4.69, 9.17) is 0 Å². The maximum Gasteiger partial charge on any atom is 0.271 e. The fourth-order valence-corrected chi connectivity index (χ4v) is 3.41. The van der Waals surface area contributed by atoms with Crippen LogP contribution >= 0.6 is 0 Å². The first-order valence-electron chi connectivity index (χ1n) is 9.44. The first-order chi connectivity index (χ1) is 15.5. The molecule has 0 bridgehead atoms. The molecule has 5 rings (SSSR count). The highest BCUT2D eigenvalue weighted by Crippen LogP contribution is 2.28. The number of carbonyl (C=O) groups is 3.